The zero-order chi connectivity index (χ0) is 20.6. The second-order valence-corrected chi connectivity index (χ2v) is 8.64. The van der Waals surface area contributed by atoms with Crippen LogP contribution in [0.25, 0.3) is 4.91 Å². The highest BCUT2D eigenvalue weighted by Crippen LogP contribution is 2.34. The maximum absolute atomic E-state index is 13.2. The molecule has 1 saturated heterocycles. The number of amidine groups is 1. The minimum absolute atomic E-state index is 0.00638. The average Bonchev–Trinajstić information content (AvgIpc) is 3.30. The largest absolute Gasteiger partial charge is 0.472 e. The highest BCUT2D eigenvalue weighted by Gasteiger charge is 2.35. The van der Waals surface area contributed by atoms with Crippen molar-refractivity contribution in [2.24, 2.45) is 4.40 Å². The molecule has 1 aromatic carbocycles. The van der Waals surface area contributed by atoms with Gasteiger partial charge < -0.3 is 14.6 Å². The first-order valence-corrected chi connectivity index (χ1v) is 10.7. The maximum atomic E-state index is 13.2. The summed E-state index contributed by atoms with van der Waals surface area (Å²) in [6, 6.07) is 6.96. The van der Waals surface area contributed by atoms with E-state index < -0.39 is 15.8 Å². The minimum Gasteiger partial charge on any atom is -0.472 e. The topological polar surface area (TPSA) is 92.0 Å². The first-order chi connectivity index (χ1) is 13.8. The summed E-state index contributed by atoms with van der Waals surface area (Å²) in [6.45, 7) is 2.85. The van der Waals surface area contributed by atoms with Crippen LogP contribution in [0.5, 0.6) is 0 Å². The third kappa shape index (κ3) is 3.82. The number of likely N-dealkylation sites (tertiary alicyclic amines) is 1. The molecule has 1 aromatic heterocycles. The van der Waals surface area contributed by atoms with Crippen molar-refractivity contribution in [3.63, 3.8) is 0 Å². The molecule has 2 aliphatic heterocycles. The third-order valence-electron chi connectivity index (χ3n) is 5.16. The van der Waals surface area contributed by atoms with Gasteiger partial charge in [0.25, 0.3) is 15.9 Å². The Morgan fingerprint density at radius 3 is 2.52 bits per heavy atom. The highest BCUT2D eigenvalue weighted by molar-refractivity contribution is 8.00. The molecule has 0 aliphatic carbocycles. The number of sulfonamides is 1. The van der Waals surface area contributed by atoms with Crippen LogP contribution < -0.4 is 5.32 Å². The van der Waals surface area contributed by atoms with Crippen molar-refractivity contribution in [3.05, 3.63) is 65.4 Å². The molecule has 0 saturated carbocycles. The van der Waals surface area contributed by atoms with Crippen molar-refractivity contribution >= 4 is 26.7 Å². The molecular formula is C20H20FN3O4S. The molecule has 7 nitrogen and oxygen atoms in total. The lowest BCUT2D eigenvalue weighted by Gasteiger charge is -2.33. The van der Waals surface area contributed by atoms with Gasteiger partial charge in [-0.2, -0.15) is 8.42 Å². The predicted octanol–water partition coefficient (Wildman–Crippen LogP) is 2.79. The van der Waals surface area contributed by atoms with Gasteiger partial charge in [0, 0.05) is 24.7 Å². The Labute approximate surface area is 168 Å². The number of furan rings is 1. The second kappa shape index (κ2) is 7.47. The second-order valence-electron chi connectivity index (χ2n) is 7.10. The van der Waals surface area contributed by atoms with Crippen molar-refractivity contribution in [1.82, 2.24) is 10.2 Å². The lowest BCUT2D eigenvalue weighted by molar-refractivity contribution is 0.0922. The molecule has 2 aliphatic rings. The zero-order valence-corrected chi connectivity index (χ0v) is 16.6. The number of hydrogen-bond donors (Lipinski definition) is 1. The number of carbonyl (C=O) groups excluding carboxylic acids is 1. The summed E-state index contributed by atoms with van der Waals surface area (Å²) in [5.74, 6) is -0.195. The monoisotopic (exact) mass is 417 g/mol. The van der Waals surface area contributed by atoms with Gasteiger partial charge in [-0.05, 0) is 43.5 Å². The zero-order valence-electron chi connectivity index (χ0n) is 15.8. The van der Waals surface area contributed by atoms with Gasteiger partial charge in [-0.1, -0.05) is 12.1 Å². The molecule has 29 heavy (non-hydrogen) atoms. The van der Waals surface area contributed by atoms with Crippen molar-refractivity contribution in [2.75, 3.05) is 13.1 Å². The number of rotatable bonds is 3. The number of piperidine rings is 1. The number of nitrogens with one attached hydrogen (secondary N) is 1. The van der Waals surface area contributed by atoms with E-state index >= 15 is 0 Å². The molecule has 1 amide bonds. The first-order valence-electron chi connectivity index (χ1n) is 9.25. The summed E-state index contributed by atoms with van der Waals surface area (Å²) in [4.78, 5) is 14.2. The van der Waals surface area contributed by atoms with Gasteiger partial charge in [-0.25, -0.2) is 4.39 Å². The molecule has 4 rings (SSSR count). The van der Waals surface area contributed by atoms with Crippen LogP contribution in [0, 0.1) is 5.82 Å². The first kappa shape index (κ1) is 19.4. The Hall–Kier alpha value is -2.94. The predicted molar refractivity (Wildman–Crippen MR) is 106 cm³/mol. The van der Waals surface area contributed by atoms with E-state index in [0.717, 1.165) is 0 Å². The van der Waals surface area contributed by atoms with Crippen LogP contribution in [-0.4, -0.2) is 44.2 Å². The Morgan fingerprint density at radius 1 is 1.21 bits per heavy atom. The molecule has 9 heteroatoms. The van der Waals surface area contributed by atoms with E-state index in [-0.39, 0.29) is 16.9 Å². The fourth-order valence-corrected chi connectivity index (χ4v) is 5.17. The van der Waals surface area contributed by atoms with E-state index in [9.17, 15) is 17.6 Å². The third-order valence-corrected chi connectivity index (χ3v) is 6.63. The normalized spacial score (nSPS) is 19.4. The standard InChI is InChI=1S/C20H20FN3O4S/c1-13-18(14-2-4-16(21)5-3-14)29(26,27)23-19(13)24-9-6-17(7-10-24)22-20(25)15-8-11-28-12-15/h2-5,8,11-12,17H,6-7,9-10H2,1H3,(H,22,25). The maximum Gasteiger partial charge on any atom is 0.285 e. The summed E-state index contributed by atoms with van der Waals surface area (Å²) < 4.78 is 47.4. The van der Waals surface area contributed by atoms with Crippen LogP contribution in [0.15, 0.2) is 57.2 Å². The van der Waals surface area contributed by atoms with Crippen LogP contribution in [0.4, 0.5) is 4.39 Å². The van der Waals surface area contributed by atoms with E-state index in [0.29, 0.717) is 48.5 Å². The van der Waals surface area contributed by atoms with E-state index in [1.807, 2.05) is 4.90 Å². The number of hydrogen-bond acceptors (Lipinski definition) is 5. The molecule has 0 radical (unpaired) electrons. The van der Waals surface area contributed by atoms with Gasteiger partial charge in [0.05, 0.1) is 11.8 Å². The van der Waals surface area contributed by atoms with E-state index in [1.54, 1.807) is 13.0 Å². The van der Waals surface area contributed by atoms with Crippen LogP contribution in [0.3, 0.4) is 0 Å². The fourth-order valence-electron chi connectivity index (χ4n) is 3.68. The summed E-state index contributed by atoms with van der Waals surface area (Å²) in [5.41, 5.74) is 1.45. The molecule has 0 bridgehead atoms. The summed E-state index contributed by atoms with van der Waals surface area (Å²) in [6.07, 6.45) is 4.18. The molecule has 3 heterocycles. The summed E-state index contributed by atoms with van der Waals surface area (Å²) >= 11 is 0. The lowest BCUT2D eigenvalue weighted by Crippen LogP contribution is -2.46. The Bertz CT molecular complexity index is 1080. The number of amides is 1. The Balaban J connectivity index is 1.47. The summed E-state index contributed by atoms with van der Waals surface area (Å²) in [7, 11) is -3.84. The number of halogens is 1. The molecule has 0 spiro atoms. The Kier molecular flexibility index (Phi) is 4.99. The number of nitrogens with zero attached hydrogens (tertiary/aromatic N) is 2. The molecular weight excluding hydrogens is 397 g/mol. The van der Waals surface area contributed by atoms with E-state index in [1.165, 1.54) is 36.8 Å². The quantitative estimate of drug-likeness (QED) is 0.829. The number of carbonyl (C=O) groups is 1. The van der Waals surface area contributed by atoms with Gasteiger partial charge >= 0.3 is 0 Å². The number of benzene rings is 1. The van der Waals surface area contributed by atoms with Crippen molar-refractivity contribution in [1.29, 1.82) is 0 Å². The van der Waals surface area contributed by atoms with Gasteiger partial charge in [-0.3, -0.25) is 4.79 Å². The fraction of sp³-hybridized carbons (Fsp3) is 0.300. The van der Waals surface area contributed by atoms with Gasteiger partial charge in [0.2, 0.25) is 0 Å². The van der Waals surface area contributed by atoms with Crippen LogP contribution in [-0.2, 0) is 10.0 Å². The van der Waals surface area contributed by atoms with Crippen LogP contribution in [0.1, 0.15) is 35.7 Å². The van der Waals surface area contributed by atoms with Gasteiger partial charge in [0.1, 0.15) is 22.8 Å². The van der Waals surface area contributed by atoms with Crippen LogP contribution >= 0.6 is 0 Å². The van der Waals surface area contributed by atoms with Gasteiger partial charge in [0.15, 0.2) is 0 Å². The van der Waals surface area contributed by atoms with Crippen molar-refractivity contribution in [2.45, 2.75) is 25.8 Å². The smallest absolute Gasteiger partial charge is 0.285 e. The lowest BCUT2D eigenvalue weighted by atomic mass is 10.0. The summed E-state index contributed by atoms with van der Waals surface area (Å²) in [5, 5.41) is 2.97. The van der Waals surface area contributed by atoms with Crippen molar-refractivity contribution < 1.29 is 22.0 Å². The molecule has 1 fully saturated rings. The minimum atomic E-state index is -3.84. The SMILES string of the molecule is CC1=C(c2ccc(F)cc2)S(=O)(=O)N=C1N1CCC(NC(=O)c2ccoc2)CC1. The van der Waals surface area contributed by atoms with E-state index in [2.05, 4.69) is 9.71 Å². The highest BCUT2D eigenvalue weighted by atomic mass is 32.2. The Morgan fingerprint density at radius 2 is 1.90 bits per heavy atom. The molecule has 1 N–H and O–H groups in total. The van der Waals surface area contributed by atoms with Crippen LogP contribution in [0.2, 0.25) is 0 Å². The van der Waals surface area contributed by atoms with Crippen molar-refractivity contribution in [3.8, 4) is 0 Å². The van der Waals surface area contributed by atoms with E-state index in [4.69, 9.17) is 4.42 Å². The average molecular weight is 417 g/mol. The van der Waals surface area contributed by atoms with Gasteiger partial charge in [-0.15, -0.1) is 4.40 Å². The molecule has 2 aromatic rings. The molecule has 0 atom stereocenters. The molecule has 0 unspecified atom stereocenters. The molecule has 152 valence electrons.